The Morgan fingerprint density at radius 3 is 2.49 bits per heavy atom. The molecule has 0 aliphatic rings. The lowest BCUT2D eigenvalue weighted by Crippen LogP contribution is -2.41. The van der Waals surface area contributed by atoms with Crippen molar-refractivity contribution in [3.8, 4) is 5.75 Å². The van der Waals surface area contributed by atoms with Gasteiger partial charge in [-0.3, -0.25) is 23.5 Å². The van der Waals surface area contributed by atoms with Gasteiger partial charge in [-0.05, 0) is 49.2 Å². The van der Waals surface area contributed by atoms with Gasteiger partial charge in [0.2, 0.25) is 11.8 Å². The van der Waals surface area contributed by atoms with Crippen LogP contribution < -0.4 is 26.6 Å². The van der Waals surface area contributed by atoms with Crippen LogP contribution in [0.5, 0.6) is 5.75 Å². The van der Waals surface area contributed by atoms with Crippen LogP contribution in [-0.2, 0) is 29.2 Å². The number of methoxy groups -OCH3 is 1. The summed E-state index contributed by atoms with van der Waals surface area (Å²) < 4.78 is 12.9. The molecule has 0 bridgehead atoms. The summed E-state index contributed by atoms with van der Waals surface area (Å²) in [4.78, 5) is 51.3. The number of nitrogens with one attached hydrogen (secondary N) is 2. The lowest BCUT2D eigenvalue weighted by atomic mass is 10.2. The highest BCUT2D eigenvalue weighted by atomic mass is 16.5. The Kier molecular flexibility index (Phi) is 8.19. The molecule has 2 aromatic carbocycles. The highest BCUT2D eigenvalue weighted by Gasteiger charge is 2.16. The van der Waals surface area contributed by atoms with E-state index in [1.807, 2.05) is 0 Å². The van der Waals surface area contributed by atoms with Crippen molar-refractivity contribution in [1.82, 2.24) is 14.5 Å². The fourth-order valence-electron chi connectivity index (χ4n) is 4.04. The lowest BCUT2D eigenvalue weighted by molar-refractivity contribution is -0.121. The number of unbranched alkanes of at least 4 members (excludes halogenated alkanes) is 1. The van der Waals surface area contributed by atoms with Gasteiger partial charge in [0, 0.05) is 13.0 Å². The number of rotatable bonds is 11. The third-order valence-corrected chi connectivity index (χ3v) is 5.89. The van der Waals surface area contributed by atoms with Gasteiger partial charge in [0.15, 0.2) is 0 Å². The Labute approximate surface area is 212 Å². The maximum Gasteiger partial charge on any atom is 0.331 e. The van der Waals surface area contributed by atoms with E-state index in [0.29, 0.717) is 47.5 Å². The molecule has 2 N–H and O–H groups in total. The van der Waals surface area contributed by atoms with E-state index in [-0.39, 0.29) is 25.4 Å². The normalized spacial score (nSPS) is 10.8. The molecule has 4 aromatic rings. The zero-order valence-corrected chi connectivity index (χ0v) is 20.4. The third-order valence-electron chi connectivity index (χ3n) is 5.89. The molecule has 0 aliphatic carbocycles. The number of furan rings is 1. The summed E-state index contributed by atoms with van der Waals surface area (Å²) in [7, 11) is 1.50. The maximum absolute atomic E-state index is 13.3. The van der Waals surface area contributed by atoms with Crippen LogP contribution in [0.4, 0.5) is 5.69 Å². The predicted molar refractivity (Wildman–Crippen MR) is 138 cm³/mol. The first-order valence-electron chi connectivity index (χ1n) is 11.9. The van der Waals surface area contributed by atoms with Gasteiger partial charge < -0.3 is 19.8 Å². The molecule has 0 saturated carbocycles. The second-order valence-corrected chi connectivity index (χ2v) is 8.40. The van der Waals surface area contributed by atoms with Crippen molar-refractivity contribution < 1.29 is 18.7 Å². The first kappa shape index (κ1) is 25.5. The molecular formula is C27H28N4O6. The topological polar surface area (TPSA) is 125 Å². The van der Waals surface area contributed by atoms with Gasteiger partial charge in [0.1, 0.15) is 18.1 Å². The molecular weight excluding hydrogens is 476 g/mol. The molecule has 0 fully saturated rings. The molecule has 2 aromatic heterocycles. The van der Waals surface area contributed by atoms with Crippen molar-refractivity contribution in [1.29, 1.82) is 0 Å². The lowest BCUT2D eigenvalue weighted by Gasteiger charge is -2.15. The number of para-hydroxylation sites is 3. The summed E-state index contributed by atoms with van der Waals surface area (Å²) in [6.07, 6.45) is 2.71. The summed E-state index contributed by atoms with van der Waals surface area (Å²) in [5.74, 6) is 0.570. The first-order valence-corrected chi connectivity index (χ1v) is 11.9. The molecule has 2 amide bonds. The van der Waals surface area contributed by atoms with E-state index in [4.69, 9.17) is 9.15 Å². The van der Waals surface area contributed by atoms with Crippen molar-refractivity contribution in [2.24, 2.45) is 0 Å². The Balaban J connectivity index is 1.46. The van der Waals surface area contributed by atoms with Crippen LogP contribution in [0.2, 0.25) is 0 Å². The molecule has 0 spiro atoms. The Hall–Kier alpha value is -4.60. The number of amides is 2. The number of carbonyl (C=O) groups is 2. The number of nitrogens with zero attached hydrogens (tertiary/aromatic N) is 2. The second kappa shape index (κ2) is 11.9. The van der Waals surface area contributed by atoms with E-state index in [1.165, 1.54) is 17.9 Å². The smallest absolute Gasteiger partial charge is 0.331 e. The molecule has 0 atom stereocenters. The van der Waals surface area contributed by atoms with Crippen LogP contribution in [0.3, 0.4) is 0 Å². The SMILES string of the molecule is COc1ccccc1NC(=O)Cn1c(=O)n(CCCCC(=O)NCc2ccco2)c(=O)c2ccccc21. The van der Waals surface area contributed by atoms with E-state index in [0.717, 1.165) is 4.57 Å². The molecule has 10 heteroatoms. The third kappa shape index (κ3) is 6.16. The molecule has 2 heterocycles. The zero-order valence-electron chi connectivity index (χ0n) is 20.4. The molecule has 0 saturated heterocycles. The standard InChI is InChI=1S/C27H28N4O6/c1-36-23-13-5-3-11-21(23)29-25(33)18-31-22-12-4-2-10-20(22)26(34)30(27(31)35)15-7-6-14-24(32)28-17-19-9-8-16-37-19/h2-5,8-13,16H,6-7,14-15,17-18H2,1H3,(H,28,32)(H,29,33). The van der Waals surface area contributed by atoms with Crippen LogP contribution >= 0.6 is 0 Å². The van der Waals surface area contributed by atoms with Crippen LogP contribution in [0.15, 0.2) is 80.9 Å². The van der Waals surface area contributed by atoms with Crippen LogP contribution in [0.25, 0.3) is 10.9 Å². The van der Waals surface area contributed by atoms with E-state index in [1.54, 1.807) is 60.7 Å². The minimum Gasteiger partial charge on any atom is -0.495 e. The van der Waals surface area contributed by atoms with Crippen LogP contribution in [0, 0.1) is 0 Å². The van der Waals surface area contributed by atoms with Gasteiger partial charge in [0.05, 0.1) is 36.5 Å². The number of hydrogen-bond donors (Lipinski definition) is 2. The van der Waals surface area contributed by atoms with Crippen molar-refractivity contribution in [2.75, 3.05) is 12.4 Å². The summed E-state index contributed by atoms with van der Waals surface area (Å²) in [6.45, 7) is 0.145. The summed E-state index contributed by atoms with van der Waals surface area (Å²) in [6, 6.07) is 17.2. The van der Waals surface area contributed by atoms with Gasteiger partial charge >= 0.3 is 5.69 Å². The Bertz CT molecular complexity index is 1500. The average molecular weight is 505 g/mol. The van der Waals surface area contributed by atoms with E-state index >= 15 is 0 Å². The van der Waals surface area contributed by atoms with Gasteiger partial charge in [-0.1, -0.05) is 24.3 Å². The number of ether oxygens (including phenoxy) is 1. The molecule has 192 valence electrons. The fraction of sp³-hybridized carbons (Fsp3) is 0.259. The molecule has 4 rings (SSSR count). The quantitative estimate of drug-likeness (QED) is 0.303. The zero-order chi connectivity index (χ0) is 26.2. The highest BCUT2D eigenvalue weighted by molar-refractivity contribution is 5.93. The highest BCUT2D eigenvalue weighted by Crippen LogP contribution is 2.23. The van der Waals surface area contributed by atoms with Crippen molar-refractivity contribution in [2.45, 2.75) is 38.9 Å². The minimum atomic E-state index is -0.582. The van der Waals surface area contributed by atoms with Gasteiger partial charge in [-0.2, -0.15) is 0 Å². The first-order chi connectivity index (χ1) is 18.0. The maximum atomic E-state index is 13.3. The summed E-state index contributed by atoms with van der Waals surface area (Å²) in [5.41, 5.74) is -0.155. The van der Waals surface area contributed by atoms with Crippen molar-refractivity contribution in [3.05, 3.63) is 93.5 Å². The number of aromatic nitrogens is 2. The molecule has 0 unspecified atom stereocenters. The second-order valence-electron chi connectivity index (χ2n) is 8.40. The number of carbonyl (C=O) groups excluding carboxylic acids is 2. The largest absolute Gasteiger partial charge is 0.495 e. The predicted octanol–water partition coefficient (Wildman–Crippen LogP) is 2.89. The van der Waals surface area contributed by atoms with Crippen LogP contribution in [-0.4, -0.2) is 28.1 Å². The monoisotopic (exact) mass is 504 g/mol. The molecule has 0 radical (unpaired) electrons. The van der Waals surface area contributed by atoms with Crippen LogP contribution in [0.1, 0.15) is 25.0 Å². The van der Waals surface area contributed by atoms with E-state index in [2.05, 4.69) is 10.6 Å². The van der Waals surface area contributed by atoms with E-state index < -0.39 is 17.2 Å². The number of anilines is 1. The average Bonchev–Trinajstić information content (AvgIpc) is 3.43. The number of benzene rings is 2. The molecule has 10 nitrogen and oxygen atoms in total. The minimum absolute atomic E-state index is 0.127. The van der Waals surface area contributed by atoms with Gasteiger partial charge in [-0.15, -0.1) is 0 Å². The number of hydrogen-bond acceptors (Lipinski definition) is 6. The van der Waals surface area contributed by atoms with Gasteiger partial charge in [0.25, 0.3) is 5.56 Å². The van der Waals surface area contributed by atoms with Crippen molar-refractivity contribution >= 4 is 28.4 Å². The molecule has 37 heavy (non-hydrogen) atoms. The fourth-order valence-corrected chi connectivity index (χ4v) is 4.04. The Morgan fingerprint density at radius 2 is 1.70 bits per heavy atom. The Morgan fingerprint density at radius 1 is 0.919 bits per heavy atom. The van der Waals surface area contributed by atoms with Gasteiger partial charge in [-0.25, -0.2) is 4.79 Å². The molecule has 0 aliphatic heterocycles. The summed E-state index contributed by atoms with van der Waals surface area (Å²) in [5, 5.41) is 5.87. The van der Waals surface area contributed by atoms with Crippen molar-refractivity contribution in [3.63, 3.8) is 0 Å². The van der Waals surface area contributed by atoms with E-state index in [9.17, 15) is 19.2 Å². The summed E-state index contributed by atoms with van der Waals surface area (Å²) >= 11 is 0. The number of fused-ring (bicyclic) bond motifs is 1.